The summed E-state index contributed by atoms with van der Waals surface area (Å²) in [7, 11) is 0. The minimum absolute atomic E-state index is 0.0166. The molecule has 1 heterocycles. The molecule has 4 saturated carbocycles. The second kappa shape index (κ2) is 4.34. The summed E-state index contributed by atoms with van der Waals surface area (Å²) in [6.07, 6.45) is 4.68. The average molecular weight is 281 g/mol. The molecule has 5 aliphatic rings. The van der Waals surface area contributed by atoms with Crippen LogP contribution in [0.4, 0.5) is 4.79 Å². The van der Waals surface area contributed by atoms with Gasteiger partial charge in [0.1, 0.15) is 6.10 Å². The lowest BCUT2D eigenvalue weighted by molar-refractivity contribution is -0.177. The van der Waals surface area contributed by atoms with Gasteiger partial charge in [-0.05, 0) is 56.3 Å². The SMILES string of the molecule is O=C(OC1C2CC3CC1CC(O)(C3)C2)N1CCC(O)C1. The minimum atomic E-state index is -0.483. The van der Waals surface area contributed by atoms with E-state index in [2.05, 4.69) is 0 Å². The number of hydrogen-bond donors (Lipinski definition) is 2. The van der Waals surface area contributed by atoms with E-state index in [4.69, 9.17) is 4.74 Å². The van der Waals surface area contributed by atoms with Gasteiger partial charge in [0, 0.05) is 13.1 Å². The molecule has 3 atom stereocenters. The molecular formula is C15H23NO4. The quantitative estimate of drug-likeness (QED) is 0.756. The molecular weight excluding hydrogens is 258 g/mol. The van der Waals surface area contributed by atoms with Gasteiger partial charge in [-0.25, -0.2) is 4.79 Å². The first-order valence-corrected chi connectivity index (χ1v) is 7.88. The molecule has 1 amide bonds. The highest BCUT2D eigenvalue weighted by Crippen LogP contribution is 2.56. The molecule has 0 aromatic carbocycles. The van der Waals surface area contributed by atoms with Crippen molar-refractivity contribution in [1.82, 2.24) is 4.90 Å². The average Bonchev–Trinajstić information content (AvgIpc) is 2.78. The van der Waals surface area contributed by atoms with Crippen LogP contribution in [-0.4, -0.2) is 52.1 Å². The highest BCUT2D eigenvalue weighted by Gasteiger charge is 2.56. The molecule has 0 aromatic rings. The van der Waals surface area contributed by atoms with Crippen molar-refractivity contribution in [1.29, 1.82) is 0 Å². The predicted octanol–water partition coefficient (Wildman–Crippen LogP) is 1.13. The standard InChI is InChI=1S/C15H23NO4/c17-12-1-2-16(8-12)14(18)20-13-10-3-9-4-11(13)7-15(19,5-9)6-10/h9-13,17,19H,1-8H2. The summed E-state index contributed by atoms with van der Waals surface area (Å²) in [4.78, 5) is 13.8. The van der Waals surface area contributed by atoms with Gasteiger partial charge in [-0.15, -0.1) is 0 Å². The van der Waals surface area contributed by atoms with Gasteiger partial charge in [-0.2, -0.15) is 0 Å². The Morgan fingerprint density at radius 3 is 2.45 bits per heavy atom. The van der Waals surface area contributed by atoms with Crippen molar-refractivity contribution in [3.8, 4) is 0 Å². The fraction of sp³-hybridized carbons (Fsp3) is 0.933. The third-order valence-corrected chi connectivity index (χ3v) is 5.81. The van der Waals surface area contributed by atoms with E-state index in [1.165, 1.54) is 0 Å². The van der Waals surface area contributed by atoms with Crippen LogP contribution in [0.5, 0.6) is 0 Å². The highest BCUT2D eigenvalue weighted by molar-refractivity contribution is 5.68. The van der Waals surface area contributed by atoms with Gasteiger partial charge in [-0.3, -0.25) is 0 Å². The molecule has 1 saturated heterocycles. The molecule has 2 N–H and O–H groups in total. The van der Waals surface area contributed by atoms with Gasteiger partial charge < -0.3 is 19.8 Å². The number of hydrogen-bond acceptors (Lipinski definition) is 4. The third kappa shape index (κ3) is 2.02. The van der Waals surface area contributed by atoms with Gasteiger partial charge in [-0.1, -0.05) is 0 Å². The van der Waals surface area contributed by atoms with Crippen LogP contribution in [0.2, 0.25) is 0 Å². The van der Waals surface area contributed by atoms with Gasteiger partial charge in [0.15, 0.2) is 0 Å². The smallest absolute Gasteiger partial charge is 0.410 e. The van der Waals surface area contributed by atoms with Gasteiger partial charge in [0.05, 0.1) is 11.7 Å². The number of carbonyl (C=O) groups is 1. The maximum Gasteiger partial charge on any atom is 0.410 e. The zero-order valence-corrected chi connectivity index (χ0v) is 11.7. The van der Waals surface area contributed by atoms with Crippen molar-refractivity contribution in [3.05, 3.63) is 0 Å². The van der Waals surface area contributed by atoms with Gasteiger partial charge >= 0.3 is 6.09 Å². The number of likely N-dealkylation sites (tertiary alicyclic amines) is 1. The van der Waals surface area contributed by atoms with Crippen LogP contribution >= 0.6 is 0 Å². The van der Waals surface area contributed by atoms with Crippen LogP contribution in [0.3, 0.4) is 0 Å². The first kappa shape index (κ1) is 12.9. The summed E-state index contributed by atoms with van der Waals surface area (Å²) < 4.78 is 5.77. The molecule has 20 heavy (non-hydrogen) atoms. The fourth-order valence-corrected chi connectivity index (χ4v) is 5.23. The number of amides is 1. The molecule has 3 unspecified atom stereocenters. The van der Waals surface area contributed by atoms with Crippen LogP contribution < -0.4 is 0 Å². The second-order valence-corrected chi connectivity index (χ2v) is 7.43. The third-order valence-electron chi connectivity index (χ3n) is 5.81. The van der Waals surface area contributed by atoms with E-state index < -0.39 is 11.7 Å². The van der Waals surface area contributed by atoms with Gasteiger partial charge in [0.25, 0.3) is 0 Å². The minimum Gasteiger partial charge on any atom is -0.446 e. The lowest BCUT2D eigenvalue weighted by atomic mass is 9.53. The van der Waals surface area contributed by atoms with Crippen LogP contribution in [-0.2, 0) is 4.74 Å². The molecule has 5 rings (SSSR count). The second-order valence-electron chi connectivity index (χ2n) is 7.43. The van der Waals surface area contributed by atoms with Crippen molar-refractivity contribution < 1.29 is 19.7 Å². The summed E-state index contributed by atoms with van der Waals surface area (Å²) >= 11 is 0. The molecule has 0 aromatic heterocycles. The summed E-state index contributed by atoms with van der Waals surface area (Å²) in [5.41, 5.74) is -0.483. The summed E-state index contributed by atoms with van der Waals surface area (Å²) in [5, 5.41) is 20.0. The lowest BCUT2D eigenvalue weighted by Crippen LogP contribution is -2.58. The Kier molecular flexibility index (Phi) is 2.80. The number of rotatable bonds is 1. The lowest BCUT2D eigenvalue weighted by Gasteiger charge is -2.57. The first-order chi connectivity index (χ1) is 9.52. The van der Waals surface area contributed by atoms with E-state index in [0.717, 1.165) is 32.1 Å². The zero-order valence-electron chi connectivity index (χ0n) is 11.7. The summed E-state index contributed by atoms with van der Waals surface area (Å²) in [5.74, 6) is 1.30. The Bertz CT molecular complexity index is 410. The van der Waals surface area contributed by atoms with E-state index >= 15 is 0 Å². The topological polar surface area (TPSA) is 70.0 Å². The Labute approximate surface area is 118 Å². The van der Waals surface area contributed by atoms with E-state index in [1.54, 1.807) is 4.90 Å². The van der Waals surface area contributed by atoms with Crippen LogP contribution in [0, 0.1) is 17.8 Å². The molecule has 5 heteroatoms. The van der Waals surface area contributed by atoms with Crippen molar-refractivity contribution in [2.24, 2.45) is 17.8 Å². The molecule has 112 valence electrons. The summed E-state index contributed by atoms with van der Waals surface area (Å²) in [6, 6.07) is 0. The normalized spacial score (nSPS) is 49.7. The van der Waals surface area contributed by atoms with Crippen LogP contribution in [0.15, 0.2) is 0 Å². The molecule has 5 fully saturated rings. The predicted molar refractivity (Wildman–Crippen MR) is 71.0 cm³/mol. The number of ether oxygens (including phenoxy) is 1. The maximum atomic E-state index is 12.2. The zero-order chi connectivity index (χ0) is 13.9. The monoisotopic (exact) mass is 281 g/mol. The van der Waals surface area contributed by atoms with Crippen molar-refractivity contribution in [2.75, 3.05) is 13.1 Å². The molecule has 4 aliphatic carbocycles. The number of β-amino-alcohol motifs (C(OH)–C–C–N with tert-alkyl or cyclic N) is 1. The molecule has 4 bridgehead atoms. The molecule has 1 aliphatic heterocycles. The molecule has 0 radical (unpaired) electrons. The number of carbonyl (C=O) groups excluding carboxylic acids is 1. The Balaban J connectivity index is 1.44. The van der Waals surface area contributed by atoms with Crippen LogP contribution in [0.1, 0.15) is 38.5 Å². The highest BCUT2D eigenvalue weighted by atomic mass is 16.6. The Morgan fingerprint density at radius 2 is 1.90 bits per heavy atom. The number of aliphatic hydroxyl groups excluding tert-OH is 1. The maximum absolute atomic E-state index is 12.2. The van der Waals surface area contributed by atoms with Crippen molar-refractivity contribution in [2.45, 2.75) is 56.3 Å². The van der Waals surface area contributed by atoms with E-state index in [1.807, 2.05) is 0 Å². The fourth-order valence-electron chi connectivity index (χ4n) is 5.23. The summed E-state index contributed by atoms with van der Waals surface area (Å²) in [6.45, 7) is 0.988. The Hall–Kier alpha value is -0.810. The first-order valence-electron chi connectivity index (χ1n) is 7.88. The Morgan fingerprint density at radius 1 is 1.20 bits per heavy atom. The molecule has 5 nitrogen and oxygen atoms in total. The van der Waals surface area contributed by atoms with E-state index in [-0.39, 0.29) is 12.2 Å². The van der Waals surface area contributed by atoms with Gasteiger partial charge in [0.2, 0.25) is 0 Å². The molecule has 0 spiro atoms. The van der Waals surface area contributed by atoms with Crippen LogP contribution in [0.25, 0.3) is 0 Å². The number of aliphatic hydroxyl groups is 2. The number of nitrogens with zero attached hydrogens (tertiary/aromatic N) is 1. The van der Waals surface area contributed by atoms with E-state index in [9.17, 15) is 15.0 Å². The largest absolute Gasteiger partial charge is 0.446 e. The van der Waals surface area contributed by atoms with Crippen molar-refractivity contribution >= 4 is 6.09 Å². The van der Waals surface area contributed by atoms with E-state index in [0.29, 0.717) is 37.3 Å². The van der Waals surface area contributed by atoms with Crippen molar-refractivity contribution in [3.63, 3.8) is 0 Å².